The van der Waals surface area contributed by atoms with Crippen LogP contribution in [0.15, 0.2) is 42.0 Å². The van der Waals surface area contributed by atoms with Crippen molar-refractivity contribution in [2.75, 3.05) is 0 Å². The Kier molecular flexibility index (Phi) is 6.65. The van der Waals surface area contributed by atoms with Gasteiger partial charge in [-0.25, -0.2) is 13.2 Å². The molecule has 3 heteroatoms. The summed E-state index contributed by atoms with van der Waals surface area (Å²) in [6.07, 6.45) is 13.9. The van der Waals surface area contributed by atoms with Gasteiger partial charge in [0.05, 0.1) is 0 Å². The quantitative estimate of drug-likeness (QED) is 0.420. The van der Waals surface area contributed by atoms with E-state index in [4.69, 9.17) is 0 Å². The third kappa shape index (κ3) is 4.50. The van der Waals surface area contributed by atoms with E-state index in [1.54, 1.807) is 6.07 Å². The second-order valence-corrected chi connectivity index (χ2v) is 9.12. The monoisotopic (exact) mass is 412 g/mol. The summed E-state index contributed by atoms with van der Waals surface area (Å²) in [5.74, 6) is -0.586. The Morgan fingerprint density at radius 1 is 0.833 bits per heavy atom. The fraction of sp³-hybridized carbons (Fsp3) is 0.481. The zero-order valence-electron chi connectivity index (χ0n) is 17.8. The van der Waals surface area contributed by atoms with Crippen LogP contribution in [0, 0.1) is 29.3 Å². The molecule has 2 aromatic carbocycles. The number of hydrogen-bond donors (Lipinski definition) is 0. The average Bonchev–Trinajstić information content (AvgIpc) is 2.76. The first-order valence-electron chi connectivity index (χ1n) is 11.5. The van der Waals surface area contributed by atoms with Crippen LogP contribution < -0.4 is 0 Å². The Morgan fingerprint density at radius 2 is 1.53 bits per heavy atom. The van der Waals surface area contributed by atoms with Gasteiger partial charge in [0.1, 0.15) is 5.82 Å². The van der Waals surface area contributed by atoms with E-state index < -0.39 is 17.5 Å². The van der Waals surface area contributed by atoms with Crippen LogP contribution in [0.25, 0.3) is 11.1 Å². The van der Waals surface area contributed by atoms with Crippen LogP contribution in [0.1, 0.15) is 69.4 Å². The lowest BCUT2D eigenvalue weighted by Crippen LogP contribution is -2.15. The van der Waals surface area contributed by atoms with Crippen LogP contribution in [0.2, 0.25) is 0 Å². The molecule has 0 nitrogen and oxygen atoms in total. The summed E-state index contributed by atoms with van der Waals surface area (Å²) in [4.78, 5) is 0. The molecule has 0 heterocycles. The number of rotatable bonds is 6. The van der Waals surface area contributed by atoms with Crippen LogP contribution in [0.5, 0.6) is 0 Å². The minimum absolute atomic E-state index is 0.0104. The first-order chi connectivity index (χ1) is 14.6. The van der Waals surface area contributed by atoms with Gasteiger partial charge in [-0.05, 0) is 54.7 Å². The van der Waals surface area contributed by atoms with Crippen LogP contribution in [0.4, 0.5) is 13.2 Å². The van der Waals surface area contributed by atoms with Crippen molar-refractivity contribution in [3.05, 3.63) is 70.6 Å². The zero-order valence-corrected chi connectivity index (χ0v) is 17.8. The molecular formula is C27H31F3. The molecule has 0 amide bonds. The predicted octanol–water partition coefficient (Wildman–Crippen LogP) is 8.18. The van der Waals surface area contributed by atoms with Crippen molar-refractivity contribution >= 4 is 0 Å². The number of benzene rings is 2. The molecule has 0 aromatic heterocycles. The van der Waals surface area contributed by atoms with Gasteiger partial charge < -0.3 is 0 Å². The molecule has 1 fully saturated rings. The maximum Gasteiger partial charge on any atom is 0.166 e. The molecule has 0 atom stereocenters. The summed E-state index contributed by atoms with van der Waals surface area (Å²) in [7, 11) is 0. The number of halogens is 3. The highest BCUT2D eigenvalue weighted by atomic mass is 19.2. The molecule has 160 valence electrons. The summed E-state index contributed by atoms with van der Waals surface area (Å²) in [6.45, 7) is 2.28. The Morgan fingerprint density at radius 3 is 2.27 bits per heavy atom. The van der Waals surface area contributed by atoms with Crippen molar-refractivity contribution in [2.24, 2.45) is 11.8 Å². The Labute approximate surface area is 178 Å². The van der Waals surface area contributed by atoms with Crippen LogP contribution in [0.3, 0.4) is 0 Å². The molecule has 4 rings (SSSR count). The minimum atomic E-state index is -0.989. The summed E-state index contributed by atoms with van der Waals surface area (Å²) in [5, 5.41) is 0. The maximum atomic E-state index is 15.1. The Hall–Kier alpha value is -2.03. The van der Waals surface area contributed by atoms with E-state index in [0.717, 1.165) is 36.3 Å². The van der Waals surface area contributed by atoms with Crippen molar-refractivity contribution < 1.29 is 13.2 Å². The highest BCUT2D eigenvalue weighted by Gasteiger charge is 2.23. The van der Waals surface area contributed by atoms with E-state index in [2.05, 4.69) is 13.0 Å². The van der Waals surface area contributed by atoms with Gasteiger partial charge in [0.25, 0.3) is 0 Å². The molecule has 0 radical (unpaired) electrons. The smallest absolute Gasteiger partial charge is 0.166 e. The number of hydrogen-bond acceptors (Lipinski definition) is 0. The van der Waals surface area contributed by atoms with Gasteiger partial charge in [-0.2, -0.15) is 0 Å². The molecule has 2 aliphatic carbocycles. The molecule has 0 aliphatic heterocycles. The van der Waals surface area contributed by atoms with Gasteiger partial charge in [-0.15, -0.1) is 0 Å². The van der Waals surface area contributed by atoms with Crippen molar-refractivity contribution in [1.82, 2.24) is 0 Å². The van der Waals surface area contributed by atoms with Crippen molar-refractivity contribution in [3.63, 3.8) is 0 Å². The molecular weight excluding hydrogens is 381 g/mol. The van der Waals surface area contributed by atoms with E-state index in [0.29, 0.717) is 12.0 Å². The van der Waals surface area contributed by atoms with E-state index in [1.165, 1.54) is 62.7 Å². The molecule has 0 N–H and O–H groups in total. The van der Waals surface area contributed by atoms with Crippen molar-refractivity contribution in [1.29, 1.82) is 0 Å². The first-order valence-corrected chi connectivity index (χ1v) is 11.5. The average molecular weight is 413 g/mol. The number of fused-ring (bicyclic) bond motifs is 1. The molecule has 1 saturated carbocycles. The van der Waals surface area contributed by atoms with Gasteiger partial charge in [0.2, 0.25) is 0 Å². The normalized spacial score (nSPS) is 21.3. The van der Waals surface area contributed by atoms with Crippen LogP contribution in [-0.4, -0.2) is 0 Å². The Bertz CT molecular complexity index is 920. The van der Waals surface area contributed by atoms with Gasteiger partial charge >= 0.3 is 0 Å². The lowest BCUT2D eigenvalue weighted by Gasteiger charge is -2.29. The fourth-order valence-corrected chi connectivity index (χ4v) is 5.33. The molecule has 30 heavy (non-hydrogen) atoms. The van der Waals surface area contributed by atoms with Crippen LogP contribution in [-0.2, 0) is 12.8 Å². The molecule has 0 bridgehead atoms. The molecule has 0 spiro atoms. The second kappa shape index (κ2) is 9.41. The molecule has 0 saturated heterocycles. The third-order valence-corrected chi connectivity index (χ3v) is 7.13. The van der Waals surface area contributed by atoms with Crippen molar-refractivity contribution in [3.8, 4) is 11.1 Å². The second-order valence-electron chi connectivity index (χ2n) is 9.12. The minimum Gasteiger partial charge on any atom is -0.206 e. The third-order valence-electron chi connectivity index (χ3n) is 7.13. The van der Waals surface area contributed by atoms with Gasteiger partial charge in [0, 0.05) is 11.1 Å². The summed E-state index contributed by atoms with van der Waals surface area (Å²) >= 11 is 0. The highest BCUT2D eigenvalue weighted by molar-refractivity contribution is 5.67. The van der Waals surface area contributed by atoms with Gasteiger partial charge in [-0.1, -0.05) is 81.4 Å². The van der Waals surface area contributed by atoms with E-state index in [9.17, 15) is 8.78 Å². The largest absolute Gasteiger partial charge is 0.206 e. The summed E-state index contributed by atoms with van der Waals surface area (Å²) in [6, 6.07) is 7.40. The highest BCUT2D eigenvalue weighted by Crippen LogP contribution is 2.37. The lowest BCUT2D eigenvalue weighted by molar-refractivity contribution is 0.252. The first kappa shape index (κ1) is 21.2. The fourth-order valence-electron chi connectivity index (χ4n) is 5.33. The maximum absolute atomic E-state index is 15.1. The van der Waals surface area contributed by atoms with E-state index in [1.807, 2.05) is 6.07 Å². The van der Waals surface area contributed by atoms with Gasteiger partial charge in [-0.3, -0.25) is 0 Å². The summed E-state index contributed by atoms with van der Waals surface area (Å²) in [5.41, 5.74) is 3.13. The molecule has 2 aliphatic rings. The lowest BCUT2D eigenvalue weighted by atomic mass is 9.77. The zero-order chi connectivity index (χ0) is 21.1. The SMILES string of the molecule is CCCC1CCC(CCC2=CCc3c(ccc(-c4cccc(F)c4F)c3F)C2)CC1. The Balaban J connectivity index is 1.40. The standard InChI is InChI=1S/C27H31F3/c1-2-4-18-7-9-19(10-8-18)11-12-20-13-15-22-21(17-20)14-16-24(26(22)29)23-5-3-6-25(28)27(23)30/h3,5-6,13-14,16,18-19H,2,4,7-12,15,17H2,1H3. The van der Waals surface area contributed by atoms with E-state index >= 15 is 4.39 Å². The summed E-state index contributed by atoms with van der Waals surface area (Å²) < 4.78 is 42.9. The van der Waals surface area contributed by atoms with Gasteiger partial charge in [0.15, 0.2) is 11.6 Å². The predicted molar refractivity (Wildman–Crippen MR) is 117 cm³/mol. The molecule has 2 aromatic rings. The number of allylic oxidation sites excluding steroid dienone is 2. The van der Waals surface area contributed by atoms with Crippen molar-refractivity contribution in [2.45, 2.75) is 71.1 Å². The van der Waals surface area contributed by atoms with E-state index in [-0.39, 0.29) is 11.1 Å². The molecule has 0 unspecified atom stereocenters. The topological polar surface area (TPSA) is 0 Å². The van der Waals surface area contributed by atoms with Crippen LogP contribution >= 0.6 is 0 Å².